The van der Waals surface area contributed by atoms with Crippen molar-refractivity contribution < 1.29 is 14.6 Å². The minimum atomic E-state index is -0.318. The van der Waals surface area contributed by atoms with Crippen LogP contribution in [0.25, 0.3) is 0 Å². The van der Waals surface area contributed by atoms with Gasteiger partial charge in [0.05, 0.1) is 19.1 Å². The molecule has 116 valence electrons. The average Bonchev–Trinajstić information content (AvgIpc) is 2.49. The summed E-state index contributed by atoms with van der Waals surface area (Å²) in [6.45, 7) is 1.81. The van der Waals surface area contributed by atoms with Gasteiger partial charge in [-0.2, -0.15) is 0 Å². The minimum Gasteiger partial charge on any atom is -0.469 e. The monoisotopic (exact) mass is 310 g/mol. The van der Waals surface area contributed by atoms with E-state index in [0.29, 0.717) is 10.9 Å². The molecule has 4 heteroatoms. The Balaban J connectivity index is 2.10. The zero-order valence-electron chi connectivity index (χ0n) is 12.6. The van der Waals surface area contributed by atoms with Crippen molar-refractivity contribution in [2.45, 2.75) is 51.0 Å². The molecule has 1 saturated carbocycles. The van der Waals surface area contributed by atoms with Crippen LogP contribution in [0, 0.1) is 5.92 Å². The van der Waals surface area contributed by atoms with Crippen LogP contribution in [0.5, 0.6) is 0 Å². The van der Waals surface area contributed by atoms with E-state index in [2.05, 4.69) is 0 Å². The van der Waals surface area contributed by atoms with Crippen LogP contribution in [-0.2, 0) is 16.0 Å². The van der Waals surface area contributed by atoms with Crippen LogP contribution in [0.15, 0.2) is 18.2 Å². The molecule has 0 aromatic heterocycles. The molecule has 1 aromatic rings. The summed E-state index contributed by atoms with van der Waals surface area (Å²) in [6, 6.07) is 5.74. The number of esters is 1. The van der Waals surface area contributed by atoms with Gasteiger partial charge in [0.1, 0.15) is 0 Å². The van der Waals surface area contributed by atoms with Crippen LogP contribution in [0.3, 0.4) is 0 Å². The number of ether oxygens (including phenoxy) is 1. The van der Waals surface area contributed by atoms with Gasteiger partial charge in [-0.1, -0.05) is 36.6 Å². The van der Waals surface area contributed by atoms with Crippen LogP contribution in [0.2, 0.25) is 5.02 Å². The number of rotatable bonds is 4. The number of aliphatic hydroxyl groups excluding tert-OH is 1. The van der Waals surface area contributed by atoms with Gasteiger partial charge >= 0.3 is 5.97 Å². The van der Waals surface area contributed by atoms with Crippen molar-refractivity contribution >= 4 is 17.6 Å². The number of aliphatic hydroxyl groups is 1. The Morgan fingerprint density at radius 1 is 1.43 bits per heavy atom. The molecule has 0 radical (unpaired) electrons. The standard InChI is InChI=1S/C17H23ClO3/c1-11(17(20)21-2)12-7-8-13(15(18)10-12)9-14-5-3-4-6-16(14)19/h7-8,10-11,14,16,19H,3-6,9H2,1-2H3/t11?,14-,16-/m0/s1. The average molecular weight is 311 g/mol. The fraction of sp³-hybridized carbons (Fsp3) is 0.588. The first kappa shape index (κ1) is 16.3. The maximum atomic E-state index is 11.6. The maximum Gasteiger partial charge on any atom is 0.312 e. The van der Waals surface area contributed by atoms with Gasteiger partial charge in [0.15, 0.2) is 0 Å². The number of hydrogen-bond donors (Lipinski definition) is 1. The second-order valence-corrected chi connectivity index (χ2v) is 6.32. The highest BCUT2D eigenvalue weighted by molar-refractivity contribution is 6.31. The largest absolute Gasteiger partial charge is 0.469 e. The first-order chi connectivity index (χ1) is 10.0. The number of halogens is 1. The summed E-state index contributed by atoms with van der Waals surface area (Å²) in [5.74, 6) is -0.288. The summed E-state index contributed by atoms with van der Waals surface area (Å²) in [5, 5.41) is 10.7. The van der Waals surface area contributed by atoms with E-state index in [4.69, 9.17) is 16.3 Å². The number of benzene rings is 1. The topological polar surface area (TPSA) is 46.5 Å². The zero-order chi connectivity index (χ0) is 15.4. The summed E-state index contributed by atoms with van der Waals surface area (Å²) in [5.41, 5.74) is 1.91. The van der Waals surface area contributed by atoms with Crippen molar-refractivity contribution in [3.8, 4) is 0 Å². The Bertz CT molecular complexity index is 501. The number of carbonyl (C=O) groups is 1. The Morgan fingerprint density at radius 3 is 2.76 bits per heavy atom. The molecule has 2 rings (SSSR count). The molecule has 1 aliphatic carbocycles. The molecule has 1 aliphatic rings. The summed E-state index contributed by atoms with van der Waals surface area (Å²) >= 11 is 6.35. The van der Waals surface area contributed by atoms with Gasteiger partial charge in [-0.3, -0.25) is 4.79 Å². The van der Waals surface area contributed by atoms with Crippen LogP contribution >= 0.6 is 11.6 Å². The molecule has 1 N–H and O–H groups in total. The van der Waals surface area contributed by atoms with Crippen molar-refractivity contribution in [1.82, 2.24) is 0 Å². The predicted molar refractivity (Wildman–Crippen MR) is 83.6 cm³/mol. The van der Waals surface area contributed by atoms with E-state index in [1.54, 1.807) is 0 Å². The van der Waals surface area contributed by atoms with E-state index in [9.17, 15) is 9.90 Å². The summed E-state index contributed by atoms with van der Waals surface area (Å²) in [4.78, 5) is 11.6. The summed E-state index contributed by atoms with van der Waals surface area (Å²) in [7, 11) is 1.39. The SMILES string of the molecule is COC(=O)C(C)c1ccc(C[C@@H]2CCCC[C@@H]2O)c(Cl)c1. The van der Waals surface area contributed by atoms with E-state index in [1.807, 2.05) is 25.1 Å². The van der Waals surface area contributed by atoms with E-state index >= 15 is 0 Å². The van der Waals surface area contributed by atoms with Crippen LogP contribution in [0.1, 0.15) is 49.7 Å². The molecular weight excluding hydrogens is 288 g/mol. The van der Waals surface area contributed by atoms with Gasteiger partial charge in [0, 0.05) is 5.02 Å². The van der Waals surface area contributed by atoms with E-state index < -0.39 is 0 Å². The maximum absolute atomic E-state index is 11.6. The summed E-state index contributed by atoms with van der Waals surface area (Å²) < 4.78 is 4.76. The molecule has 21 heavy (non-hydrogen) atoms. The third kappa shape index (κ3) is 3.98. The fourth-order valence-electron chi connectivity index (χ4n) is 3.02. The fourth-order valence-corrected chi connectivity index (χ4v) is 3.29. The van der Waals surface area contributed by atoms with Crippen molar-refractivity contribution in [1.29, 1.82) is 0 Å². The van der Waals surface area contributed by atoms with E-state index in [1.165, 1.54) is 13.5 Å². The second kappa shape index (κ2) is 7.28. The van der Waals surface area contributed by atoms with Crippen molar-refractivity contribution in [2.75, 3.05) is 7.11 Å². The van der Waals surface area contributed by atoms with E-state index in [-0.39, 0.29) is 18.0 Å². The van der Waals surface area contributed by atoms with Gasteiger partial charge in [0.2, 0.25) is 0 Å². The lowest BCUT2D eigenvalue weighted by Crippen LogP contribution is -2.26. The molecule has 0 heterocycles. The first-order valence-electron chi connectivity index (χ1n) is 7.57. The molecule has 0 bridgehead atoms. The van der Waals surface area contributed by atoms with Crippen molar-refractivity contribution in [3.05, 3.63) is 34.3 Å². The van der Waals surface area contributed by atoms with Gasteiger partial charge in [-0.15, -0.1) is 0 Å². The molecule has 0 amide bonds. The highest BCUT2D eigenvalue weighted by Gasteiger charge is 2.24. The molecule has 3 atom stereocenters. The number of methoxy groups -OCH3 is 1. The van der Waals surface area contributed by atoms with Crippen molar-refractivity contribution in [2.24, 2.45) is 5.92 Å². The quantitative estimate of drug-likeness (QED) is 0.862. The van der Waals surface area contributed by atoms with Crippen molar-refractivity contribution in [3.63, 3.8) is 0 Å². The lowest BCUT2D eigenvalue weighted by molar-refractivity contribution is -0.141. The first-order valence-corrected chi connectivity index (χ1v) is 7.95. The normalized spacial score (nSPS) is 23.6. The van der Waals surface area contributed by atoms with E-state index in [0.717, 1.165) is 36.8 Å². The number of hydrogen-bond acceptors (Lipinski definition) is 3. The Labute approximate surface area is 131 Å². The Hall–Kier alpha value is -1.06. The molecule has 0 saturated heterocycles. The Kier molecular flexibility index (Phi) is 5.65. The predicted octanol–water partition coefficient (Wildman–Crippen LogP) is 3.71. The third-order valence-electron chi connectivity index (χ3n) is 4.48. The molecule has 3 nitrogen and oxygen atoms in total. The van der Waals surface area contributed by atoms with Crippen LogP contribution in [0.4, 0.5) is 0 Å². The van der Waals surface area contributed by atoms with Gasteiger partial charge in [-0.25, -0.2) is 0 Å². The highest BCUT2D eigenvalue weighted by Crippen LogP contribution is 2.31. The molecule has 0 aliphatic heterocycles. The smallest absolute Gasteiger partial charge is 0.312 e. The third-order valence-corrected chi connectivity index (χ3v) is 4.83. The van der Waals surface area contributed by atoms with Crippen LogP contribution in [-0.4, -0.2) is 24.3 Å². The van der Waals surface area contributed by atoms with Gasteiger partial charge < -0.3 is 9.84 Å². The Morgan fingerprint density at radius 2 is 2.14 bits per heavy atom. The molecule has 1 aromatic carbocycles. The molecule has 1 fully saturated rings. The molecule has 1 unspecified atom stereocenters. The highest BCUT2D eigenvalue weighted by atomic mass is 35.5. The lowest BCUT2D eigenvalue weighted by Gasteiger charge is -2.28. The lowest BCUT2D eigenvalue weighted by atomic mass is 9.82. The summed E-state index contributed by atoms with van der Waals surface area (Å²) in [6.07, 6.45) is 4.81. The molecular formula is C17H23ClO3. The number of carbonyl (C=O) groups excluding carboxylic acids is 1. The van der Waals surface area contributed by atoms with Crippen LogP contribution < -0.4 is 0 Å². The minimum absolute atomic E-state index is 0.219. The molecule has 0 spiro atoms. The zero-order valence-corrected chi connectivity index (χ0v) is 13.4. The van der Waals surface area contributed by atoms with Gasteiger partial charge in [0.25, 0.3) is 0 Å². The second-order valence-electron chi connectivity index (χ2n) is 5.91. The van der Waals surface area contributed by atoms with Gasteiger partial charge in [-0.05, 0) is 49.3 Å².